The molecule has 0 saturated carbocycles. The van der Waals surface area contributed by atoms with Gasteiger partial charge in [-0.15, -0.1) is 34.9 Å². The first-order chi connectivity index (χ1) is 41.9. The summed E-state index contributed by atoms with van der Waals surface area (Å²) in [4.78, 5) is 71.1. The standard InChI is InChI=1S/C67H53F3N6O7S3/c68-66(69,70)44-75-38-36-53(37-39-75)84-41-49-42-85-63-57(62(79)76(63)58(49)64(80)83-60(47-26-12-3-13-27-47)48-28-14-4-15-29-48)72-61(78)56(74-81-40-55(77)82-59(45-22-8-1-9-23-45)46-24-10-2-11-25-46)54-43-86-65(71-54)73-67(50-30-16-5-17-31-50,51-32-18-6-19-33-51)52-34-20-7-21-35-52/h1-39,43,57,59-60,63H,40-42,44H2,(H-,71,72,73,78)/p+1/b74-56-/t57-,63-/m1/s1. The Balaban J connectivity index is 0.902. The van der Waals surface area contributed by atoms with Gasteiger partial charge in [-0.2, -0.15) is 17.7 Å². The van der Waals surface area contributed by atoms with Crippen molar-refractivity contribution in [1.29, 1.82) is 0 Å². The van der Waals surface area contributed by atoms with Crippen LogP contribution in [0, 0.1) is 0 Å². The number of β-lactam (4-membered cyclic amide) rings is 1. The third-order valence-corrected chi connectivity index (χ3v) is 17.5. The lowest BCUT2D eigenvalue weighted by molar-refractivity contribution is -0.719. The van der Waals surface area contributed by atoms with Gasteiger partial charge in [0.15, 0.2) is 35.4 Å². The number of pyridine rings is 1. The van der Waals surface area contributed by atoms with Crippen LogP contribution in [0.1, 0.15) is 56.8 Å². The molecule has 2 amide bonds. The van der Waals surface area contributed by atoms with Crippen LogP contribution in [-0.4, -0.2) is 75.1 Å². The summed E-state index contributed by atoms with van der Waals surface area (Å²) in [6.45, 7) is -1.87. The number of nitrogens with one attached hydrogen (secondary N) is 2. The number of thiazole rings is 1. The highest BCUT2D eigenvalue weighted by molar-refractivity contribution is 8.01. The molecule has 2 aromatic heterocycles. The second kappa shape index (κ2) is 26.7. The van der Waals surface area contributed by atoms with Crippen molar-refractivity contribution < 1.29 is 51.2 Å². The van der Waals surface area contributed by atoms with E-state index in [1.165, 1.54) is 52.2 Å². The molecule has 0 bridgehead atoms. The maximum Gasteiger partial charge on any atom is 0.448 e. The molecular formula is C67H54F3N6O7S3+. The van der Waals surface area contributed by atoms with Crippen molar-refractivity contribution >= 4 is 69.5 Å². The fraction of sp³-hybridized carbons (Fsp3) is 0.149. The summed E-state index contributed by atoms with van der Waals surface area (Å²) < 4.78 is 53.1. The smallest absolute Gasteiger partial charge is 0.448 e. The summed E-state index contributed by atoms with van der Waals surface area (Å²) in [5.41, 5.74) is 4.73. The molecule has 0 spiro atoms. The fourth-order valence-electron chi connectivity index (χ4n) is 10.2. The third kappa shape index (κ3) is 13.4. The number of alkyl halides is 3. The number of carbonyl (C=O) groups is 4. The molecule has 0 aliphatic carbocycles. The van der Waals surface area contributed by atoms with E-state index in [1.807, 2.05) is 212 Å². The molecule has 19 heteroatoms. The van der Waals surface area contributed by atoms with Crippen LogP contribution in [0.25, 0.3) is 0 Å². The number of rotatable bonds is 22. The van der Waals surface area contributed by atoms with Gasteiger partial charge in [0.25, 0.3) is 11.8 Å². The molecule has 9 aromatic rings. The quantitative estimate of drug-likeness (QED) is 0.0127. The summed E-state index contributed by atoms with van der Waals surface area (Å²) in [7, 11) is 0. The van der Waals surface area contributed by atoms with E-state index >= 15 is 4.79 Å². The van der Waals surface area contributed by atoms with Gasteiger partial charge >= 0.3 is 18.1 Å². The average Bonchev–Trinajstić information content (AvgIpc) is 1.08. The number of hydrogen-bond acceptors (Lipinski definition) is 13. The molecule has 0 unspecified atom stereocenters. The average molecular weight is 1210 g/mol. The Kier molecular flexibility index (Phi) is 18.2. The number of esters is 2. The predicted molar refractivity (Wildman–Crippen MR) is 325 cm³/mol. The first-order valence-electron chi connectivity index (χ1n) is 27.3. The van der Waals surface area contributed by atoms with Crippen LogP contribution in [-0.2, 0) is 45.6 Å². The molecule has 86 heavy (non-hydrogen) atoms. The zero-order valence-electron chi connectivity index (χ0n) is 45.7. The highest BCUT2D eigenvalue weighted by Gasteiger charge is 2.55. The molecule has 1 saturated heterocycles. The zero-order valence-corrected chi connectivity index (χ0v) is 48.2. The van der Waals surface area contributed by atoms with E-state index in [0.29, 0.717) is 26.7 Å². The van der Waals surface area contributed by atoms with Crippen molar-refractivity contribution in [3.8, 4) is 0 Å². The normalized spacial score (nSPS) is 15.2. The van der Waals surface area contributed by atoms with E-state index in [9.17, 15) is 27.6 Å². The number of anilines is 1. The Hall–Kier alpha value is -9.30. The largest absolute Gasteiger partial charge is 0.450 e. The van der Waals surface area contributed by atoms with Gasteiger partial charge in [-0.3, -0.25) is 14.5 Å². The van der Waals surface area contributed by atoms with E-state index in [1.54, 1.807) is 17.5 Å². The van der Waals surface area contributed by atoms with Gasteiger partial charge < -0.3 is 24.9 Å². The number of carbonyl (C=O) groups excluding carboxylic acids is 4. The summed E-state index contributed by atoms with van der Waals surface area (Å²) in [5.74, 6) is -2.67. The van der Waals surface area contributed by atoms with Gasteiger partial charge in [-0.25, -0.2) is 14.6 Å². The van der Waals surface area contributed by atoms with Crippen molar-refractivity contribution in [1.82, 2.24) is 15.2 Å². The fourth-order valence-corrected chi connectivity index (χ4v) is 13.4. The van der Waals surface area contributed by atoms with Gasteiger partial charge in [0.05, 0.1) is 0 Å². The van der Waals surface area contributed by atoms with E-state index in [0.717, 1.165) is 32.4 Å². The molecule has 1 fully saturated rings. The number of hydrogen-bond donors (Lipinski definition) is 2. The van der Waals surface area contributed by atoms with E-state index in [2.05, 4.69) is 15.8 Å². The molecule has 11 rings (SSSR count). The van der Waals surface area contributed by atoms with Crippen LogP contribution in [0.4, 0.5) is 18.3 Å². The lowest BCUT2D eigenvalue weighted by atomic mass is 9.77. The number of fused-ring (bicyclic) bond motifs is 1. The minimum atomic E-state index is -4.41. The Morgan fingerprint density at radius 1 is 0.663 bits per heavy atom. The van der Waals surface area contributed by atoms with Crippen LogP contribution in [0.5, 0.6) is 0 Å². The minimum absolute atomic E-state index is 0.00864. The number of ether oxygens (including phenoxy) is 2. The van der Waals surface area contributed by atoms with Gasteiger partial charge in [0.2, 0.25) is 13.2 Å². The molecule has 4 heterocycles. The van der Waals surface area contributed by atoms with E-state index < -0.39 is 72.2 Å². The lowest BCUT2D eigenvalue weighted by Crippen LogP contribution is -2.71. The van der Waals surface area contributed by atoms with Gasteiger partial charge in [-0.05, 0) is 44.5 Å². The van der Waals surface area contributed by atoms with Crippen LogP contribution in [0.15, 0.2) is 264 Å². The van der Waals surface area contributed by atoms with E-state index in [4.69, 9.17) is 19.3 Å². The Morgan fingerprint density at radius 3 is 1.60 bits per heavy atom. The second-order valence-electron chi connectivity index (χ2n) is 19.9. The number of thioether (sulfide) groups is 2. The second-order valence-corrected chi connectivity index (χ2v) is 23.0. The number of halogens is 3. The molecule has 13 nitrogen and oxygen atoms in total. The molecule has 2 atom stereocenters. The van der Waals surface area contributed by atoms with Crippen molar-refractivity contribution in [3.05, 3.63) is 298 Å². The van der Waals surface area contributed by atoms with Gasteiger partial charge in [0.1, 0.15) is 28.3 Å². The summed E-state index contributed by atoms with van der Waals surface area (Å²) >= 11 is 3.80. The summed E-state index contributed by atoms with van der Waals surface area (Å²) in [6, 6.07) is 68.4. The lowest BCUT2D eigenvalue weighted by Gasteiger charge is -2.49. The van der Waals surface area contributed by atoms with Crippen LogP contribution >= 0.6 is 34.9 Å². The summed E-state index contributed by atoms with van der Waals surface area (Å²) in [6.07, 6.45) is -3.41. The van der Waals surface area contributed by atoms with Gasteiger partial charge in [-0.1, -0.05) is 217 Å². The monoisotopic (exact) mass is 1210 g/mol. The molecule has 2 aliphatic rings. The first-order valence-corrected chi connectivity index (χ1v) is 30.2. The molecule has 2 N–H and O–H groups in total. The number of benzene rings is 7. The van der Waals surface area contributed by atoms with Crippen LogP contribution < -0.4 is 15.2 Å². The Labute approximate surface area is 506 Å². The minimum Gasteiger partial charge on any atom is -0.450 e. The third-order valence-electron chi connectivity index (χ3n) is 14.3. The molecule has 432 valence electrons. The SMILES string of the molecule is O=C(CO/N=C(\C(=O)N[C@@H]1C(=O)N2C(C(=O)OC(c3ccccc3)c3ccccc3)=C(CSc3cc[n+](CC(F)(F)F)cc3)CS[C@H]12)c1csc(NC(c2ccccc2)(c2ccccc2)c2ccccc2)n1)OC(c1ccccc1)c1ccccc1. The number of nitrogens with zero attached hydrogens (tertiary/aromatic N) is 4. The van der Waals surface area contributed by atoms with Crippen LogP contribution in [0.2, 0.25) is 0 Å². The number of oxime groups is 1. The Bertz CT molecular complexity index is 3680. The topological polar surface area (TPSA) is 152 Å². The highest BCUT2D eigenvalue weighted by Crippen LogP contribution is 2.44. The molecule has 2 aliphatic heterocycles. The number of aromatic nitrogens is 2. The summed E-state index contributed by atoms with van der Waals surface area (Å²) in [5, 5.41) is 12.1. The molecule has 7 aromatic carbocycles. The van der Waals surface area contributed by atoms with Crippen molar-refractivity contribution in [2.45, 2.75) is 46.8 Å². The van der Waals surface area contributed by atoms with Gasteiger partial charge in [0, 0.05) is 33.9 Å². The predicted octanol–water partition coefficient (Wildman–Crippen LogP) is 12.2. The Morgan fingerprint density at radius 2 is 1.13 bits per heavy atom. The maximum absolute atomic E-state index is 15.0. The molecule has 0 radical (unpaired) electrons. The van der Waals surface area contributed by atoms with Crippen molar-refractivity contribution in [3.63, 3.8) is 0 Å². The van der Waals surface area contributed by atoms with Crippen molar-refractivity contribution in [2.75, 3.05) is 23.4 Å². The van der Waals surface area contributed by atoms with Crippen molar-refractivity contribution in [2.24, 2.45) is 5.16 Å². The molecular weight excluding hydrogens is 1150 g/mol. The highest BCUT2D eigenvalue weighted by atomic mass is 32.2. The van der Waals surface area contributed by atoms with E-state index in [-0.39, 0.29) is 28.6 Å². The number of amides is 2. The first kappa shape index (κ1) is 58.5. The maximum atomic E-state index is 15.0. The van der Waals surface area contributed by atoms with Crippen LogP contribution in [0.3, 0.4) is 0 Å². The zero-order chi connectivity index (χ0) is 59.5.